The maximum absolute atomic E-state index is 9.95. The van der Waals surface area contributed by atoms with E-state index in [4.69, 9.17) is 5.26 Å². The van der Waals surface area contributed by atoms with Crippen molar-refractivity contribution in [3.63, 3.8) is 0 Å². The van der Waals surface area contributed by atoms with Gasteiger partial charge in [0, 0.05) is 22.0 Å². The van der Waals surface area contributed by atoms with Crippen LogP contribution >= 0.6 is 0 Å². The normalized spacial score (nSPS) is 10.7. The van der Waals surface area contributed by atoms with Crippen LogP contribution in [0.5, 0.6) is 5.75 Å². The van der Waals surface area contributed by atoms with Gasteiger partial charge >= 0.3 is 0 Å². The van der Waals surface area contributed by atoms with Crippen molar-refractivity contribution in [3.05, 3.63) is 84.3 Å². The van der Waals surface area contributed by atoms with Gasteiger partial charge in [-0.2, -0.15) is 10.5 Å². The third-order valence-electron chi connectivity index (χ3n) is 5.06. The molecular formula is C24H13N5O. The topological polar surface area (TPSA) is 98.5 Å². The van der Waals surface area contributed by atoms with Crippen LogP contribution in [0.1, 0.15) is 11.4 Å². The van der Waals surface area contributed by atoms with Gasteiger partial charge in [0.1, 0.15) is 17.9 Å². The molecule has 0 aliphatic rings. The monoisotopic (exact) mass is 387 g/mol. The van der Waals surface area contributed by atoms with Crippen LogP contribution in [0, 0.1) is 22.7 Å². The van der Waals surface area contributed by atoms with Crippen molar-refractivity contribution in [2.75, 3.05) is 0 Å². The highest BCUT2D eigenvalue weighted by molar-refractivity contribution is 6.09. The summed E-state index contributed by atoms with van der Waals surface area (Å²) < 4.78 is 2.14. The van der Waals surface area contributed by atoms with E-state index in [0.29, 0.717) is 5.69 Å². The number of phenolic OH excluding ortho intramolecular Hbond substituents is 1. The second kappa shape index (κ2) is 6.73. The molecule has 5 aromatic rings. The molecule has 0 aliphatic heterocycles. The molecule has 0 atom stereocenters. The number of rotatable bonds is 2. The summed E-state index contributed by atoms with van der Waals surface area (Å²) in [4.78, 5) is 8.29. The van der Waals surface area contributed by atoms with E-state index in [1.54, 1.807) is 12.1 Å². The fourth-order valence-corrected chi connectivity index (χ4v) is 3.71. The molecule has 0 saturated carbocycles. The lowest BCUT2D eigenvalue weighted by Gasteiger charge is -2.09. The summed E-state index contributed by atoms with van der Waals surface area (Å²) in [6, 6.07) is 25.0. The number of benzene rings is 3. The number of nitriles is 2. The average Bonchev–Trinajstić information content (AvgIpc) is 3.12. The van der Waals surface area contributed by atoms with Gasteiger partial charge in [-0.1, -0.05) is 30.3 Å². The Morgan fingerprint density at radius 1 is 0.800 bits per heavy atom. The number of nitrogens with zero attached hydrogens (tertiary/aromatic N) is 5. The van der Waals surface area contributed by atoms with Crippen molar-refractivity contribution in [2.24, 2.45) is 0 Å². The summed E-state index contributed by atoms with van der Waals surface area (Å²) in [5.41, 5.74) is 4.35. The van der Waals surface area contributed by atoms with Crippen LogP contribution in [0.25, 0.3) is 38.8 Å². The van der Waals surface area contributed by atoms with E-state index >= 15 is 0 Å². The van der Waals surface area contributed by atoms with Gasteiger partial charge in [-0.05, 0) is 36.4 Å². The average molecular weight is 387 g/mol. The zero-order valence-electron chi connectivity index (χ0n) is 15.6. The van der Waals surface area contributed by atoms with E-state index in [-0.39, 0.29) is 17.1 Å². The number of phenols is 1. The lowest BCUT2D eigenvalue weighted by molar-refractivity contribution is 0.476. The van der Waals surface area contributed by atoms with Gasteiger partial charge in [-0.15, -0.1) is 0 Å². The Kier molecular flexibility index (Phi) is 3.91. The first kappa shape index (κ1) is 17.4. The molecule has 140 valence electrons. The standard InChI is InChI=1S/C24H13N5O/c25-12-20-21(13-26)28-22(14-27-20)15-5-7-16(8-6-15)29-23-4-2-1-3-18(23)19-11-17(30)9-10-24(19)29/h1-11,14,30H. The second-order valence-corrected chi connectivity index (χ2v) is 6.78. The zero-order chi connectivity index (χ0) is 20.7. The van der Waals surface area contributed by atoms with E-state index in [0.717, 1.165) is 33.1 Å². The predicted molar refractivity (Wildman–Crippen MR) is 113 cm³/mol. The predicted octanol–water partition coefficient (Wildman–Crippen LogP) is 4.69. The van der Waals surface area contributed by atoms with Crippen LogP contribution in [0.15, 0.2) is 72.9 Å². The molecule has 2 aromatic heterocycles. The van der Waals surface area contributed by atoms with Crippen molar-refractivity contribution in [1.82, 2.24) is 14.5 Å². The smallest absolute Gasteiger partial charge is 0.177 e. The first-order chi connectivity index (χ1) is 14.7. The Bertz CT molecular complexity index is 1520. The van der Waals surface area contributed by atoms with E-state index in [2.05, 4.69) is 14.5 Å². The molecule has 6 nitrogen and oxygen atoms in total. The van der Waals surface area contributed by atoms with Crippen LogP contribution in [-0.4, -0.2) is 19.6 Å². The maximum Gasteiger partial charge on any atom is 0.177 e. The van der Waals surface area contributed by atoms with Gasteiger partial charge in [0.2, 0.25) is 0 Å². The summed E-state index contributed by atoms with van der Waals surface area (Å²) in [6.07, 6.45) is 1.50. The summed E-state index contributed by atoms with van der Waals surface area (Å²) in [5, 5.41) is 30.2. The number of hydrogen-bond donors (Lipinski definition) is 1. The van der Waals surface area contributed by atoms with Crippen molar-refractivity contribution < 1.29 is 5.11 Å². The van der Waals surface area contributed by atoms with Crippen molar-refractivity contribution in [1.29, 1.82) is 10.5 Å². The van der Waals surface area contributed by atoms with Gasteiger partial charge in [-0.3, -0.25) is 0 Å². The van der Waals surface area contributed by atoms with Crippen LogP contribution in [0.4, 0.5) is 0 Å². The molecule has 0 fully saturated rings. The number of para-hydroxylation sites is 1. The molecule has 3 aromatic carbocycles. The Morgan fingerprint density at radius 2 is 1.53 bits per heavy atom. The molecule has 0 unspecified atom stereocenters. The minimum Gasteiger partial charge on any atom is -0.508 e. The van der Waals surface area contributed by atoms with E-state index in [9.17, 15) is 10.4 Å². The van der Waals surface area contributed by atoms with Gasteiger partial charge in [-0.25, -0.2) is 9.97 Å². The third-order valence-corrected chi connectivity index (χ3v) is 5.06. The first-order valence-corrected chi connectivity index (χ1v) is 9.20. The minimum atomic E-state index is 0.0151. The highest BCUT2D eigenvalue weighted by atomic mass is 16.3. The molecule has 0 bridgehead atoms. The SMILES string of the molecule is N#Cc1ncc(-c2ccc(-n3c4ccccc4c4cc(O)ccc43)cc2)nc1C#N. The summed E-state index contributed by atoms with van der Waals surface area (Å²) in [5.74, 6) is 0.230. The Morgan fingerprint density at radius 3 is 2.30 bits per heavy atom. The Hall–Kier alpha value is -4.68. The fourth-order valence-electron chi connectivity index (χ4n) is 3.71. The summed E-state index contributed by atoms with van der Waals surface area (Å²) >= 11 is 0. The molecular weight excluding hydrogens is 374 g/mol. The maximum atomic E-state index is 9.95. The number of fused-ring (bicyclic) bond motifs is 3. The summed E-state index contributed by atoms with van der Waals surface area (Å²) in [6.45, 7) is 0. The van der Waals surface area contributed by atoms with Crippen LogP contribution < -0.4 is 0 Å². The molecule has 6 heteroatoms. The van der Waals surface area contributed by atoms with Gasteiger partial charge in [0.05, 0.1) is 22.9 Å². The zero-order valence-corrected chi connectivity index (χ0v) is 15.6. The van der Waals surface area contributed by atoms with Gasteiger partial charge in [0.25, 0.3) is 0 Å². The Labute approximate surface area is 171 Å². The van der Waals surface area contributed by atoms with Gasteiger partial charge in [0.15, 0.2) is 11.4 Å². The number of aromatic hydroxyl groups is 1. The molecule has 0 radical (unpaired) electrons. The van der Waals surface area contributed by atoms with Crippen LogP contribution in [-0.2, 0) is 0 Å². The van der Waals surface area contributed by atoms with E-state index < -0.39 is 0 Å². The quantitative estimate of drug-likeness (QED) is 0.474. The number of hydrogen-bond acceptors (Lipinski definition) is 5. The highest BCUT2D eigenvalue weighted by Gasteiger charge is 2.13. The first-order valence-electron chi connectivity index (χ1n) is 9.20. The number of aromatic nitrogens is 3. The molecule has 0 saturated heterocycles. The fraction of sp³-hybridized carbons (Fsp3) is 0. The molecule has 0 aliphatic carbocycles. The largest absolute Gasteiger partial charge is 0.508 e. The third kappa shape index (κ3) is 2.64. The molecule has 1 N–H and O–H groups in total. The molecule has 5 rings (SSSR count). The lowest BCUT2D eigenvalue weighted by atomic mass is 10.1. The van der Waals surface area contributed by atoms with Crippen molar-refractivity contribution >= 4 is 21.8 Å². The molecule has 0 amide bonds. The van der Waals surface area contributed by atoms with Crippen LogP contribution in [0.3, 0.4) is 0 Å². The molecule has 2 heterocycles. The van der Waals surface area contributed by atoms with Crippen LogP contribution in [0.2, 0.25) is 0 Å². The van der Waals surface area contributed by atoms with Gasteiger partial charge < -0.3 is 9.67 Å². The second-order valence-electron chi connectivity index (χ2n) is 6.78. The van der Waals surface area contributed by atoms with E-state index in [1.807, 2.05) is 66.7 Å². The summed E-state index contributed by atoms with van der Waals surface area (Å²) in [7, 11) is 0. The molecule has 0 spiro atoms. The molecule has 30 heavy (non-hydrogen) atoms. The minimum absolute atomic E-state index is 0.0151. The van der Waals surface area contributed by atoms with Crippen molar-refractivity contribution in [2.45, 2.75) is 0 Å². The Balaban J connectivity index is 1.66. The lowest BCUT2D eigenvalue weighted by Crippen LogP contribution is -1.97. The highest BCUT2D eigenvalue weighted by Crippen LogP contribution is 2.34. The van der Waals surface area contributed by atoms with Crippen molar-refractivity contribution in [3.8, 4) is 34.8 Å². The van der Waals surface area contributed by atoms with E-state index in [1.165, 1.54) is 6.20 Å².